The third-order valence-electron chi connectivity index (χ3n) is 4.44. The van der Waals surface area contributed by atoms with Crippen LogP contribution >= 0.6 is 0 Å². The summed E-state index contributed by atoms with van der Waals surface area (Å²) >= 11 is 0. The van der Waals surface area contributed by atoms with Crippen LogP contribution in [0.1, 0.15) is 31.9 Å². The molecule has 0 bridgehead atoms. The van der Waals surface area contributed by atoms with Gasteiger partial charge in [0.2, 0.25) is 0 Å². The first-order valence-electron chi connectivity index (χ1n) is 9.56. The second-order valence-electron chi connectivity index (χ2n) is 6.39. The SMILES string of the molecule is C=CNC1NC(C)N(C)C=C1N(C)C(=O)NCCc1ccc(C)cc1.CC. The molecule has 2 rings (SSSR count). The number of hydrogen-bond donors (Lipinski definition) is 3. The number of urea groups is 1. The van der Waals surface area contributed by atoms with Crippen LogP contribution in [-0.2, 0) is 6.42 Å². The Balaban J connectivity index is 0.00000176. The zero-order chi connectivity index (χ0) is 20.4. The molecule has 0 aliphatic carbocycles. The molecule has 27 heavy (non-hydrogen) atoms. The van der Waals surface area contributed by atoms with Crippen LogP contribution in [-0.4, -0.2) is 48.8 Å². The summed E-state index contributed by atoms with van der Waals surface area (Å²) in [5, 5.41) is 9.52. The summed E-state index contributed by atoms with van der Waals surface area (Å²) in [5.41, 5.74) is 3.29. The minimum atomic E-state index is -0.156. The Hall–Kier alpha value is -2.47. The van der Waals surface area contributed by atoms with Crippen molar-refractivity contribution in [3.63, 3.8) is 0 Å². The third kappa shape index (κ3) is 6.64. The van der Waals surface area contributed by atoms with Gasteiger partial charge < -0.3 is 15.5 Å². The summed E-state index contributed by atoms with van der Waals surface area (Å²) in [6.45, 7) is 12.4. The molecule has 2 atom stereocenters. The number of likely N-dealkylation sites (N-methyl/N-ethyl adjacent to an activating group) is 1. The average Bonchev–Trinajstić information content (AvgIpc) is 2.67. The van der Waals surface area contributed by atoms with Gasteiger partial charge in [0.05, 0.1) is 11.9 Å². The fourth-order valence-corrected chi connectivity index (χ4v) is 2.68. The van der Waals surface area contributed by atoms with Gasteiger partial charge in [-0.15, -0.1) is 0 Å². The monoisotopic (exact) mass is 373 g/mol. The molecular formula is C21H35N5O. The standard InChI is InChI=1S/C19H29N5O.C2H6/c1-6-20-18-17(13-23(4)15(3)22-18)24(5)19(25)21-12-11-16-9-7-14(2)8-10-16;1-2/h6-10,13,15,18,20,22H,1,11-12H2,2-5H3,(H,21,25);1-2H3. The minimum absolute atomic E-state index is 0.126. The number of hydrogen-bond acceptors (Lipinski definition) is 4. The highest BCUT2D eigenvalue weighted by Gasteiger charge is 2.27. The molecule has 1 heterocycles. The van der Waals surface area contributed by atoms with Gasteiger partial charge >= 0.3 is 6.03 Å². The lowest BCUT2D eigenvalue weighted by Gasteiger charge is -2.39. The molecule has 2 amide bonds. The highest BCUT2D eigenvalue weighted by atomic mass is 16.2. The largest absolute Gasteiger partial charge is 0.371 e. The number of aryl methyl sites for hydroxylation is 1. The molecule has 1 aliphatic heterocycles. The first-order valence-corrected chi connectivity index (χ1v) is 9.56. The van der Waals surface area contributed by atoms with Crippen molar-refractivity contribution in [1.29, 1.82) is 0 Å². The molecule has 0 spiro atoms. The van der Waals surface area contributed by atoms with Crippen molar-refractivity contribution < 1.29 is 4.79 Å². The molecule has 0 aromatic heterocycles. The number of nitrogens with one attached hydrogen (secondary N) is 3. The van der Waals surface area contributed by atoms with Crippen molar-refractivity contribution in [2.45, 2.75) is 46.4 Å². The van der Waals surface area contributed by atoms with Crippen LogP contribution in [0.4, 0.5) is 4.79 Å². The number of carbonyl (C=O) groups excluding carboxylic acids is 1. The molecule has 150 valence electrons. The van der Waals surface area contributed by atoms with Crippen molar-refractivity contribution >= 4 is 6.03 Å². The van der Waals surface area contributed by atoms with Crippen molar-refractivity contribution in [1.82, 2.24) is 25.8 Å². The summed E-state index contributed by atoms with van der Waals surface area (Å²) in [6, 6.07) is 8.24. The Morgan fingerprint density at radius 3 is 2.56 bits per heavy atom. The van der Waals surface area contributed by atoms with Gasteiger partial charge in [0, 0.05) is 26.8 Å². The van der Waals surface area contributed by atoms with E-state index < -0.39 is 0 Å². The summed E-state index contributed by atoms with van der Waals surface area (Å²) in [6.07, 6.45) is 4.42. The summed E-state index contributed by atoms with van der Waals surface area (Å²) in [4.78, 5) is 16.2. The second kappa shape index (κ2) is 11.3. The van der Waals surface area contributed by atoms with E-state index in [0.29, 0.717) is 6.54 Å². The molecule has 0 saturated carbocycles. The smallest absolute Gasteiger partial charge is 0.321 e. The van der Waals surface area contributed by atoms with E-state index in [4.69, 9.17) is 0 Å². The van der Waals surface area contributed by atoms with E-state index in [2.05, 4.69) is 60.6 Å². The molecule has 1 aliphatic rings. The lowest BCUT2D eigenvalue weighted by molar-refractivity contribution is 0.192. The van der Waals surface area contributed by atoms with Crippen LogP contribution in [0.15, 0.2) is 48.9 Å². The van der Waals surface area contributed by atoms with Crippen LogP contribution in [0, 0.1) is 6.92 Å². The highest BCUT2D eigenvalue weighted by molar-refractivity contribution is 5.76. The van der Waals surface area contributed by atoms with E-state index in [9.17, 15) is 4.79 Å². The molecule has 1 aromatic rings. The molecule has 0 saturated heterocycles. The molecular weight excluding hydrogens is 338 g/mol. The normalized spacial score (nSPS) is 18.6. The van der Waals surface area contributed by atoms with Crippen molar-refractivity contribution in [3.8, 4) is 0 Å². The molecule has 2 unspecified atom stereocenters. The number of rotatable bonds is 6. The van der Waals surface area contributed by atoms with Gasteiger partial charge in [0.15, 0.2) is 0 Å². The maximum atomic E-state index is 12.5. The summed E-state index contributed by atoms with van der Waals surface area (Å²) in [7, 11) is 3.75. The zero-order valence-corrected chi connectivity index (χ0v) is 17.5. The minimum Gasteiger partial charge on any atom is -0.371 e. The fraction of sp³-hybridized carbons (Fsp3) is 0.476. The zero-order valence-electron chi connectivity index (χ0n) is 17.5. The molecule has 3 N–H and O–H groups in total. The summed E-state index contributed by atoms with van der Waals surface area (Å²) < 4.78 is 0. The predicted octanol–water partition coefficient (Wildman–Crippen LogP) is 2.99. The Bertz CT molecular complexity index is 626. The van der Waals surface area contributed by atoms with Crippen molar-refractivity contribution in [2.24, 2.45) is 0 Å². The number of carbonyl (C=O) groups is 1. The van der Waals surface area contributed by atoms with Crippen molar-refractivity contribution in [3.05, 3.63) is 60.1 Å². The van der Waals surface area contributed by atoms with E-state index in [-0.39, 0.29) is 18.4 Å². The third-order valence-corrected chi connectivity index (χ3v) is 4.44. The lowest BCUT2D eigenvalue weighted by Crippen LogP contribution is -2.58. The van der Waals surface area contributed by atoms with Gasteiger partial charge in [-0.05, 0) is 32.0 Å². The predicted molar refractivity (Wildman–Crippen MR) is 113 cm³/mol. The van der Waals surface area contributed by atoms with Crippen LogP contribution in [0.2, 0.25) is 0 Å². The van der Waals surface area contributed by atoms with Gasteiger partial charge in [-0.2, -0.15) is 0 Å². The van der Waals surface area contributed by atoms with Gasteiger partial charge in [0.1, 0.15) is 6.17 Å². The first kappa shape index (κ1) is 22.6. The van der Waals surface area contributed by atoms with Crippen LogP contribution in [0.25, 0.3) is 0 Å². The lowest BCUT2D eigenvalue weighted by atomic mass is 10.1. The Morgan fingerprint density at radius 2 is 1.96 bits per heavy atom. The maximum absolute atomic E-state index is 12.5. The molecule has 6 heteroatoms. The molecule has 6 nitrogen and oxygen atoms in total. The quantitative estimate of drug-likeness (QED) is 0.717. The van der Waals surface area contributed by atoms with E-state index in [1.807, 2.05) is 32.0 Å². The fourth-order valence-electron chi connectivity index (χ4n) is 2.68. The van der Waals surface area contributed by atoms with Crippen LogP contribution in [0.5, 0.6) is 0 Å². The Kier molecular flexibility index (Phi) is 9.44. The summed E-state index contributed by atoms with van der Waals surface area (Å²) in [5.74, 6) is 0. The Labute approximate surface area is 164 Å². The van der Waals surface area contributed by atoms with Gasteiger partial charge in [-0.3, -0.25) is 10.2 Å². The van der Waals surface area contributed by atoms with Gasteiger partial charge in [0.25, 0.3) is 0 Å². The average molecular weight is 374 g/mol. The number of nitrogens with zero attached hydrogens (tertiary/aromatic N) is 2. The molecule has 1 aromatic carbocycles. The number of amides is 2. The van der Waals surface area contributed by atoms with E-state index >= 15 is 0 Å². The second-order valence-corrected chi connectivity index (χ2v) is 6.39. The highest BCUT2D eigenvalue weighted by Crippen LogP contribution is 2.14. The first-order chi connectivity index (χ1) is 12.9. The van der Waals surface area contributed by atoms with E-state index in [1.54, 1.807) is 18.1 Å². The Morgan fingerprint density at radius 1 is 1.33 bits per heavy atom. The van der Waals surface area contributed by atoms with Crippen LogP contribution in [0.3, 0.4) is 0 Å². The topological polar surface area (TPSA) is 59.6 Å². The van der Waals surface area contributed by atoms with E-state index in [0.717, 1.165) is 12.1 Å². The number of benzene rings is 1. The van der Waals surface area contributed by atoms with Gasteiger partial charge in [-0.25, -0.2) is 4.79 Å². The van der Waals surface area contributed by atoms with Gasteiger partial charge in [-0.1, -0.05) is 50.3 Å². The van der Waals surface area contributed by atoms with Crippen molar-refractivity contribution in [2.75, 3.05) is 20.6 Å². The van der Waals surface area contributed by atoms with Crippen LogP contribution < -0.4 is 16.0 Å². The van der Waals surface area contributed by atoms with E-state index in [1.165, 1.54) is 11.1 Å². The molecule has 0 radical (unpaired) electrons. The molecule has 0 fully saturated rings. The maximum Gasteiger partial charge on any atom is 0.321 e.